The van der Waals surface area contributed by atoms with E-state index in [-0.39, 0.29) is 18.2 Å². The Kier molecular flexibility index (Phi) is 4.00. The van der Waals surface area contributed by atoms with Crippen LogP contribution in [0.1, 0.15) is 25.7 Å². The van der Waals surface area contributed by atoms with Gasteiger partial charge < -0.3 is 24.8 Å². The van der Waals surface area contributed by atoms with Crippen molar-refractivity contribution in [3.05, 3.63) is 12.4 Å². The first-order chi connectivity index (χ1) is 9.75. The summed E-state index contributed by atoms with van der Waals surface area (Å²) in [5, 5.41) is 13.0. The third kappa shape index (κ3) is 2.70. The van der Waals surface area contributed by atoms with Gasteiger partial charge in [0.25, 0.3) is 5.91 Å². The van der Waals surface area contributed by atoms with Crippen molar-refractivity contribution in [3.63, 3.8) is 0 Å². The molecule has 2 fully saturated rings. The molecule has 2 saturated heterocycles. The second-order valence-electron chi connectivity index (χ2n) is 5.08. The molecule has 0 spiro atoms. The number of rotatable bonds is 3. The quantitative estimate of drug-likeness (QED) is 0.756. The average molecular weight is 281 g/mol. The van der Waals surface area contributed by atoms with Crippen LogP contribution < -0.4 is 5.32 Å². The standard InChI is InChI=1S/C13H19N3O4/c17-12(15-9-3-1-7-19-9)11-13(18)16(6-5-14-11)10-4-2-8-20-10/h5-6,9-10,13,18H,1-4,7-8H2,(H,15,17). The third-order valence-electron chi connectivity index (χ3n) is 3.67. The van der Waals surface area contributed by atoms with Crippen molar-refractivity contribution in [2.45, 2.75) is 44.4 Å². The monoisotopic (exact) mass is 281 g/mol. The highest BCUT2D eigenvalue weighted by Gasteiger charge is 2.34. The predicted molar refractivity (Wildman–Crippen MR) is 70.5 cm³/mol. The van der Waals surface area contributed by atoms with Crippen molar-refractivity contribution in [1.82, 2.24) is 10.2 Å². The van der Waals surface area contributed by atoms with Gasteiger partial charge in [-0.05, 0) is 25.7 Å². The molecule has 20 heavy (non-hydrogen) atoms. The minimum Gasteiger partial charge on any atom is -0.368 e. The summed E-state index contributed by atoms with van der Waals surface area (Å²) in [6.07, 6.45) is 5.13. The van der Waals surface area contributed by atoms with Crippen LogP contribution in [-0.4, -0.2) is 53.5 Å². The van der Waals surface area contributed by atoms with E-state index in [4.69, 9.17) is 9.47 Å². The van der Waals surface area contributed by atoms with Gasteiger partial charge in [0, 0.05) is 25.6 Å². The average Bonchev–Trinajstić information content (AvgIpc) is 3.11. The first-order valence-electron chi connectivity index (χ1n) is 6.99. The first kappa shape index (κ1) is 13.5. The normalized spacial score (nSPS) is 33.4. The summed E-state index contributed by atoms with van der Waals surface area (Å²) < 4.78 is 10.9. The molecule has 110 valence electrons. The van der Waals surface area contributed by atoms with Gasteiger partial charge in [-0.15, -0.1) is 0 Å². The lowest BCUT2D eigenvalue weighted by atomic mass is 10.2. The van der Waals surface area contributed by atoms with Crippen LogP contribution in [0.15, 0.2) is 17.4 Å². The Morgan fingerprint density at radius 1 is 1.35 bits per heavy atom. The summed E-state index contributed by atoms with van der Waals surface area (Å²) in [7, 11) is 0. The van der Waals surface area contributed by atoms with Gasteiger partial charge in [-0.2, -0.15) is 0 Å². The third-order valence-corrected chi connectivity index (χ3v) is 3.67. The predicted octanol–water partition coefficient (Wildman–Crippen LogP) is -0.0782. The van der Waals surface area contributed by atoms with Gasteiger partial charge >= 0.3 is 0 Å². The van der Waals surface area contributed by atoms with Crippen molar-refractivity contribution < 1.29 is 19.4 Å². The van der Waals surface area contributed by atoms with E-state index >= 15 is 0 Å². The van der Waals surface area contributed by atoms with Crippen molar-refractivity contribution >= 4 is 11.6 Å². The maximum absolute atomic E-state index is 12.1. The lowest BCUT2D eigenvalue weighted by molar-refractivity contribution is -0.119. The molecular weight excluding hydrogens is 262 g/mol. The number of ether oxygens (including phenoxy) is 2. The molecule has 3 unspecified atom stereocenters. The van der Waals surface area contributed by atoms with Gasteiger partial charge in [0.2, 0.25) is 0 Å². The summed E-state index contributed by atoms with van der Waals surface area (Å²) in [5.74, 6) is -0.392. The van der Waals surface area contributed by atoms with E-state index in [0.29, 0.717) is 13.2 Å². The maximum atomic E-state index is 12.1. The molecule has 2 N–H and O–H groups in total. The summed E-state index contributed by atoms with van der Waals surface area (Å²) in [6.45, 7) is 1.33. The summed E-state index contributed by atoms with van der Waals surface area (Å²) in [5.41, 5.74) is 0.0819. The van der Waals surface area contributed by atoms with Crippen LogP contribution >= 0.6 is 0 Å². The lowest BCUT2D eigenvalue weighted by Gasteiger charge is -2.33. The van der Waals surface area contributed by atoms with Gasteiger partial charge in [-0.25, -0.2) is 4.99 Å². The number of aliphatic hydroxyl groups is 1. The molecular formula is C13H19N3O4. The molecule has 3 heterocycles. The topological polar surface area (TPSA) is 83.4 Å². The van der Waals surface area contributed by atoms with Crippen molar-refractivity contribution in [2.24, 2.45) is 4.99 Å². The second kappa shape index (κ2) is 5.90. The van der Waals surface area contributed by atoms with E-state index in [1.54, 1.807) is 11.1 Å². The largest absolute Gasteiger partial charge is 0.368 e. The minimum absolute atomic E-state index is 0.0819. The molecule has 3 atom stereocenters. The Morgan fingerprint density at radius 3 is 2.85 bits per heavy atom. The number of carbonyl (C=O) groups excluding carboxylic acids is 1. The number of nitrogens with one attached hydrogen (secondary N) is 1. The zero-order valence-electron chi connectivity index (χ0n) is 11.2. The van der Waals surface area contributed by atoms with E-state index in [1.165, 1.54) is 6.20 Å². The summed E-state index contributed by atoms with van der Waals surface area (Å²) >= 11 is 0. The molecule has 3 aliphatic rings. The fourth-order valence-corrected chi connectivity index (χ4v) is 2.62. The van der Waals surface area contributed by atoms with E-state index < -0.39 is 12.1 Å². The molecule has 0 bridgehead atoms. The van der Waals surface area contributed by atoms with Crippen molar-refractivity contribution in [1.29, 1.82) is 0 Å². The highest BCUT2D eigenvalue weighted by atomic mass is 16.5. The molecule has 7 heteroatoms. The molecule has 0 saturated carbocycles. The fraction of sp³-hybridized carbons (Fsp3) is 0.692. The van der Waals surface area contributed by atoms with Gasteiger partial charge in [-0.3, -0.25) is 4.79 Å². The van der Waals surface area contributed by atoms with Crippen LogP contribution in [0.25, 0.3) is 0 Å². The van der Waals surface area contributed by atoms with E-state index in [0.717, 1.165) is 25.7 Å². The molecule has 0 aromatic carbocycles. The van der Waals surface area contributed by atoms with Crippen LogP contribution in [0.3, 0.4) is 0 Å². The zero-order valence-corrected chi connectivity index (χ0v) is 11.2. The van der Waals surface area contributed by atoms with E-state index in [9.17, 15) is 9.90 Å². The number of nitrogens with zero attached hydrogens (tertiary/aromatic N) is 2. The van der Waals surface area contributed by atoms with Crippen LogP contribution in [0.4, 0.5) is 0 Å². The molecule has 3 aliphatic heterocycles. The summed E-state index contributed by atoms with van der Waals surface area (Å²) in [4.78, 5) is 17.8. The number of aliphatic imine (C=N–C) groups is 1. The van der Waals surface area contributed by atoms with Crippen LogP contribution in [0.5, 0.6) is 0 Å². The maximum Gasteiger partial charge on any atom is 0.272 e. The Bertz CT molecular complexity index is 425. The lowest BCUT2D eigenvalue weighted by Crippen LogP contribution is -2.51. The highest BCUT2D eigenvalue weighted by Crippen LogP contribution is 2.21. The SMILES string of the molecule is O=C(NC1CCCO1)C1=NC=CN(C2CCCO2)C1O. The van der Waals surface area contributed by atoms with Crippen molar-refractivity contribution in [2.75, 3.05) is 13.2 Å². The molecule has 0 radical (unpaired) electrons. The Morgan fingerprint density at radius 2 is 2.15 bits per heavy atom. The molecule has 0 aromatic rings. The number of carbonyl (C=O) groups is 1. The highest BCUT2D eigenvalue weighted by molar-refractivity contribution is 6.40. The van der Waals surface area contributed by atoms with Crippen LogP contribution in [0, 0.1) is 0 Å². The molecule has 7 nitrogen and oxygen atoms in total. The molecule has 0 aromatic heterocycles. The second-order valence-corrected chi connectivity index (χ2v) is 5.08. The molecule has 3 rings (SSSR count). The summed E-state index contributed by atoms with van der Waals surface area (Å²) in [6, 6.07) is 0. The van der Waals surface area contributed by atoms with E-state index in [1.807, 2.05) is 0 Å². The number of aliphatic hydroxyl groups excluding tert-OH is 1. The van der Waals surface area contributed by atoms with Gasteiger partial charge in [0.15, 0.2) is 11.9 Å². The Hall–Kier alpha value is -1.44. The first-order valence-corrected chi connectivity index (χ1v) is 6.99. The van der Waals surface area contributed by atoms with Crippen LogP contribution in [-0.2, 0) is 14.3 Å². The Balaban J connectivity index is 1.64. The van der Waals surface area contributed by atoms with Crippen molar-refractivity contribution in [3.8, 4) is 0 Å². The zero-order chi connectivity index (χ0) is 13.9. The molecule has 1 amide bonds. The number of amides is 1. The minimum atomic E-state index is -1.08. The number of hydrogen-bond acceptors (Lipinski definition) is 6. The molecule has 0 aliphatic carbocycles. The fourth-order valence-electron chi connectivity index (χ4n) is 2.62. The van der Waals surface area contributed by atoms with Crippen LogP contribution in [0.2, 0.25) is 0 Å². The van der Waals surface area contributed by atoms with Gasteiger partial charge in [0.1, 0.15) is 12.5 Å². The Labute approximate surface area is 117 Å². The van der Waals surface area contributed by atoms with Gasteiger partial charge in [-0.1, -0.05) is 0 Å². The smallest absolute Gasteiger partial charge is 0.272 e. The van der Waals surface area contributed by atoms with E-state index in [2.05, 4.69) is 10.3 Å². The van der Waals surface area contributed by atoms with Gasteiger partial charge in [0.05, 0.1) is 0 Å². The number of hydrogen-bond donors (Lipinski definition) is 2.